The first-order valence-electron chi connectivity index (χ1n) is 8.85. The molecule has 0 radical (unpaired) electrons. The molecular weight excluding hydrogens is 364 g/mol. The minimum absolute atomic E-state index is 0.130. The van der Waals surface area contributed by atoms with Crippen LogP contribution in [0, 0.1) is 19.8 Å². The number of carbonyl (C=O) groups excluding carboxylic acids is 1. The largest absolute Gasteiger partial charge is 0.493 e. The van der Waals surface area contributed by atoms with Gasteiger partial charge in [-0.05, 0) is 62.2 Å². The number of benzene rings is 2. The smallest absolute Gasteiger partial charge is 0.251 e. The van der Waals surface area contributed by atoms with Crippen LogP contribution in [0.3, 0.4) is 0 Å². The molecule has 6 nitrogen and oxygen atoms in total. The number of aryl methyl sites for hydroxylation is 1. The zero-order chi connectivity index (χ0) is 19.6. The molecule has 3 rings (SSSR count). The van der Waals surface area contributed by atoms with E-state index >= 15 is 0 Å². The molecule has 2 aromatic carbocycles. The lowest BCUT2D eigenvalue weighted by atomic mass is 9.96. The Morgan fingerprint density at radius 1 is 1.22 bits per heavy atom. The fraction of sp³-hybridized carbons (Fsp3) is 0.350. The van der Waals surface area contributed by atoms with E-state index in [-0.39, 0.29) is 16.7 Å². The normalized spacial score (nSPS) is 16.3. The lowest BCUT2D eigenvalue weighted by Crippen LogP contribution is -2.35. The average Bonchev–Trinajstić information content (AvgIpc) is 2.67. The number of carbonyl (C=O) groups is 1. The van der Waals surface area contributed by atoms with Crippen LogP contribution in [0.15, 0.2) is 41.3 Å². The standard InChI is InChI=1S/C20H24N2O4S/c1-13-8-17(10-19(14(13)2)27(24,25)21-3)20(23)22-11-15-9-16-6-4-5-7-18(16)26-12-15/h4-8,10,15,21H,9,11-12H2,1-3H3,(H,22,23). The second-order valence-electron chi connectivity index (χ2n) is 6.82. The Labute approximate surface area is 160 Å². The second-order valence-corrected chi connectivity index (χ2v) is 8.68. The summed E-state index contributed by atoms with van der Waals surface area (Å²) in [6.07, 6.45) is 0.836. The highest BCUT2D eigenvalue weighted by molar-refractivity contribution is 7.89. The molecule has 27 heavy (non-hydrogen) atoms. The van der Waals surface area contributed by atoms with Crippen molar-refractivity contribution in [2.24, 2.45) is 5.92 Å². The molecule has 0 spiro atoms. The minimum atomic E-state index is -3.63. The lowest BCUT2D eigenvalue weighted by molar-refractivity contribution is 0.0938. The molecule has 1 heterocycles. The number of rotatable bonds is 5. The van der Waals surface area contributed by atoms with E-state index in [9.17, 15) is 13.2 Å². The van der Waals surface area contributed by atoms with Gasteiger partial charge in [0, 0.05) is 18.0 Å². The quantitative estimate of drug-likeness (QED) is 0.822. The van der Waals surface area contributed by atoms with E-state index in [0.29, 0.717) is 24.3 Å². The van der Waals surface area contributed by atoms with E-state index in [1.165, 1.54) is 13.1 Å². The first-order chi connectivity index (χ1) is 12.8. The zero-order valence-electron chi connectivity index (χ0n) is 15.7. The van der Waals surface area contributed by atoms with Gasteiger partial charge in [-0.1, -0.05) is 18.2 Å². The van der Waals surface area contributed by atoms with E-state index in [2.05, 4.69) is 10.0 Å². The molecule has 0 saturated carbocycles. The highest BCUT2D eigenvalue weighted by Crippen LogP contribution is 2.26. The molecule has 7 heteroatoms. The van der Waals surface area contributed by atoms with Crippen molar-refractivity contribution in [3.8, 4) is 5.75 Å². The van der Waals surface area contributed by atoms with Gasteiger partial charge in [0.2, 0.25) is 10.0 Å². The van der Waals surface area contributed by atoms with E-state index < -0.39 is 10.0 Å². The highest BCUT2D eigenvalue weighted by Gasteiger charge is 2.22. The molecule has 0 saturated heterocycles. The van der Waals surface area contributed by atoms with Gasteiger partial charge < -0.3 is 10.1 Å². The number of fused-ring (bicyclic) bond motifs is 1. The van der Waals surface area contributed by atoms with Gasteiger partial charge in [-0.2, -0.15) is 0 Å². The summed E-state index contributed by atoms with van der Waals surface area (Å²) in [6, 6.07) is 11.0. The van der Waals surface area contributed by atoms with Crippen LogP contribution in [0.5, 0.6) is 5.75 Å². The fourth-order valence-corrected chi connectivity index (χ4v) is 4.27. The van der Waals surface area contributed by atoms with Crippen LogP contribution in [-0.2, 0) is 16.4 Å². The molecule has 2 aromatic rings. The van der Waals surface area contributed by atoms with Gasteiger partial charge in [0.1, 0.15) is 5.75 Å². The topological polar surface area (TPSA) is 84.5 Å². The van der Waals surface area contributed by atoms with Crippen LogP contribution in [0.2, 0.25) is 0 Å². The average molecular weight is 388 g/mol. The number of hydrogen-bond acceptors (Lipinski definition) is 4. The number of amides is 1. The minimum Gasteiger partial charge on any atom is -0.493 e. The molecule has 0 fully saturated rings. The monoisotopic (exact) mass is 388 g/mol. The summed E-state index contributed by atoms with van der Waals surface area (Å²) in [4.78, 5) is 12.7. The second kappa shape index (κ2) is 7.70. The number of ether oxygens (including phenoxy) is 1. The third-order valence-corrected chi connectivity index (χ3v) is 6.49. The molecule has 0 bridgehead atoms. The van der Waals surface area contributed by atoms with Crippen LogP contribution in [-0.4, -0.2) is 34.5 Å². The molecule has 0 aliphatic carbocycles. The van der Waals surface area contributed by atoms with Crippen LogP contribution in [0.1, 0.15) is 27.0 Å². The van der Waals surface area contributed by atoms with Crippen molar-refractivity contribution in [2.75, 3.05) is 20.2 Å². The van der Waals surface area contributed by atoms with Gasteiger partial charge in [0.05, 0.1) is 11.5 Å². The van der Waals surface area contributed by atoms with E-state index in [0.717, 1.165) is 23.3 Å². The Kier molecular flexibility index (Phi) is 5.53. The predicted octanol–water partition coefficient (Wildman–Crippen LogP) is 2.19. The third kappa shape index (κ3) is 4.14. The summed E-state index contributed by atoms with van der Waals surface area (Å²) < 4.78 is 32.5. The van der Waals surface area contributed by atoms with Crippen molar-refractivity contribution >= 4 is 15.9 Å². The van der Waals surface area contributed by atoms with E-state index in [4.69, 9.17) is 4.74 Å². The van der Waals surface area contributed by atoms with E-state index in [1.54, 1.807) is 19.9 Å². The Morgan fingerprint density at radius 3 is 2.70 bits per heavy atom. The summed E-state index contributed by atoms with van der Waals surface area (Å²) in [5, 5.41) is 2.91. The summed E-state index contributed by atoms with van der Waals surface area (Å²) in [5.41, 5.74) is 2.87. The number of hydrogen-bond donors (Lipinski definition) is 2. The maximum absolute atomic E-state index is 12.6. The lowest BCUT2D eigenvalue weighted by Gasteiger charge is -2.25. The number of nitrogens with one attached hydrogen (secondary N) is 2. The first-order valence-corrected chi connectivity index (χ1v) is 10.3. The molecular formula is C20H24N2O4S. The fourth-order valence-electron chi connectivity index (χ4n) is 3.21. The van der Waals surface area contributed by atoms with Crippen LogP contribution in [0.25, 0.3) is 0 Å². The van der Waals surface area contributed by atoms with Gasteiger partial charge in [0.25, 0.3) is 5.91 Å². The SMILES string of the molecule is CNS(=O)(=O)c1cc(C(=O)NCC2COc3ccccc3C2)cc(C)c1C. The third-order valence-electron chi connectivity index (χ3n) is 4.95. The summed E-state index contributed by atoms with van der Waals surface area (Å²) >= 11 is 0. The molecule has 1 aliphatic heterocycles. The maximum Gasteiger partial charge on any atom is 0.251 e. The molecule has 0 aromatic heterocycles. The molecule has 1 unspecified atom stereocenters. The van der Waals surface area contributed by atoms with E-state index in [1.807, 2.05) is 24.3 Å². The molecule has 1 atom stereocenters. The van der Waals surface area contributed by atoms with Gasteiger partial charge in [-0.25, -0.2) is 13.1 Å². The zero-order valence-corrected chi connectivity index (χ0v) is 16.5. The van der Waals surface area contributed by atoms with Crippen molar-refractivity contribution < 1.29 is 17.9 Å². The van der Waals surface area contributed by atoms with Crippen LogP contribution < -0.4 is 14.8 Å². The van der Waals surface area contributed by atoms with Crippen LogP contribution >= 0.6 is 0 Å². The maximum atomic E-state index is 12.6. The summed E-state index contributed by atoms with van der Waals surface area (Å²) in [6.45, 7) is 4.54. The van der Waals surface area contributed by atoms with Gasteiger partial charge >= 0.3 is 0 Å². The predicted molar refractivity (Wildman–Crippen MR) is 104 cm³/mol. The van der Waals surface area contributed by atoms with Crippen molar-refractivity contribution in [1.82, 2.24) is 10.0 Å². The van der Waals surface area contributed by atoms with Crippen molar-refractivity contribution in [3.05, 3.63) is 58.7 Å². The molecule has 144 valence electrons. The Bertz CT molecular complexity index is 970. The molecule has 1 aliphatic rings. The highest BCUT2D eigenvalue weighted by atomic mass is 32.2. The summed E-state index contributed by atoms with van der Waals surface area (Å²) in [5.74, 6) is 0.788. The molecule has 1 amide bonds. The molecule has 2 N–H and O–H groups in total. The Balaban J connectivity index is 1.72. The van der Waals surface area contributed by atoms with Gasteiger partial charge in [-0.3, -0.25) is 4.79 Å². The van der Waals surface area contributed by atoms with Crippen molar-refractivity contribution in [2.45, 2.75) is 25.2 Å². The van der Waals surface area contributed by atoms with Crippen molar-refractivity contribution in [1.29, 1.82) is 0 Å². The van der Waals surface area contributed by atoms with Gasteiger partial charge in [0.15, 0.2) is 0 Å². The number of para-hydroxylation sites is 1. The number of sulfonamides is 1. The first kappa shape index (κ1) is 19.4. The Morgan fingerprint density at radius 2 is 1.96 bits per heavy atom. The Hall–Kier alpha value is -2.38. The van der Waals surface area contributed by atoms with Crippen LogP contribution in [0.4, 0.5) is 0 Å². The summed E-state index contributed by atoms with van der Waals surface area (Å²) in [7, 11) is -2.27. The van der Waals surface area contributed by atoms with Crippen molar-refractivity contribution in [3.63, 3.8) is 0 Å². The van der Waals surface area contributed by atoms with Gasteiger partial charge in [-0.15, -0.1) is 0 Å².